The summed E-state index contributed by atoms with van der Waals surface area (Å²) in [4.78, 5) is 10.9. The quantitative estimate of drug-likeness (QED) is 0.771. The Kier molecular flexibility index (Phi) is 2.81. The number of nitrogens with zero attached hydrogens (tertiary/aromatic N) is 3. The van der Waals surface area contributed by atoms with Crippen LogP contribution in [0.4, 0.5) is 11.6 Å². The van der Waals surface area contributed by atoms with Crippen LogP contribution in [0.3, 0.4) is 0 Å². The molecule has 0 spiro atoms. The molecule has 0 radical (unpaired) electrons. The summed E-state index contributed by atoms with van der Waals surface area (Å²) in [5.74, 6) is 1.84. The third-order valence-electron chi connectivity index (χ3n) is 2.56. The third kappa shape index (κ3) is 1.95. The van der Waals surface area contributed by atoms with Gasteiger partial charge in [-0.15, -0.1) is 0 Å². The molecule has 1 aliphatic heterocycles. The molecule has 0 bridgehead atoms. The molecule has 1 aromatic heterocycles. The van der Waals surface area contributed by atoms with Crippen LogP contribution < -0.4 is 10.2 Å². The Labute approximate surface area is 84.4 Å². The van der Waals surface area contributed by atoms with Crippen molar-refractivity contribution in [3.8, 4) is 0 Å². The number of anilines is 2. The first-order valence-corrected chi connectivity index (χ1v) is 5.15. The predicted octanol–water partition coefficient (Wildman–Crippen LogP) is 1.51. The van der Waals surface area contributed by atoms with Crippen LogP contribution in [0, 0.1) is 0 Å². The molecule has 1 saturated heterocycles. The van der Waals surface area contributed by atoms with Gasteiger partial charge in [0.25, 0.3) is 0 Å². The second-order valence-electron chi connectivity index (χ2n) is 3.56. The van der Waals surface area contributed by atoms with E-state index in [0.29, 0.717) is 0 Å². The lowest BCUT2D eigenvalue weighted by atomic mass is 10.1. The Bertz CT molecular complexity index is 294. The number of piperidine rings is 1. The summed E-state index contributed by atoms with van der Waals surface area (Å²) in [7, 11) is 1.87. The average Bonchev–Trinajstić information content (AvgIpc) is 2.30. The Morgan fingerprint density at radius 1 is 1.21 bits per heavy atom. The van der Waals surface area contributed by atoms with Gasteiger partial charge in [0.15, 0.2) is 0 Å². The van der Waals surface area contributed by atoms with E-state index in [2.05, 4.69) is 20.2 Å². The third-order valence-corrected chi connectivity index (χ3v) is 2.56. The molecule has 4 nitrogen and oxygen atoms in total. The average molecular weight is 192 g/mol. The van der Waals surface area contributed by atoms with E-state index >= 15 is 0 Å². The minimum Gasteiger partial charge on any atom is -0.372 e. The van der Waals surface area contributed by atoms with Gasteiger partial charge in [0.05, 0.1) is 12.4 Å². The van der Waals surface area contributed by atoms with E-state index in [1.54, 1.807) is 6.20 Å². The van der Waals surface area contributed by atoms with E-state index in [4.69, 9.17) is 0 Å². The largest absolute Gasteiger partial charge is 0.372 e. The molecule has 76 valence electrons. The second-order valence-corrected chi connectivity index (χ2v) is 3.56. The highest BCUT2D eigenvalue weighted by molar-refractivity contribution is 5.43. The van der Waals surface area contributed by atoms with E-state index in [0.717, 1.165) is 24.7 Å². The van der Waals surface area contributed by atoms with Crippen LogP contribution >= 0.6 is 0 Å². The minimum atomic E-state index is 0.841. The van der Waals surface area contributed by atoms with E-state index in [9.17, 15) is 0 Å². The molecule has 0 aliphatic carbocycles. The van der Waals surface area contributed by atoms with Crippen molar-refractivity contribution in [2.45, 2.75) is 19.3 Å². The molecule has 4 heteroatoms. The molecule has 0 unspecified atom stereocenters. The maximum atomic E-state index is 4.47. The summed E-state index contributed by atoms with van der Waals surface area (Å²) in [5, 5.41) is 3.01. The lowest BCUT2D eigenvalue weighted by molar-refractivity contribution is 0.573. The summed E-state index contributed by atoms with van der Waals surface area (Å²) in [6, 6.07) is 0. The maximum absolute atomic E-state index is 4.47. The Morgan fingerprint density at radius 3 is 2.71 bits per heavy atom. The van der Waals surface area contributed by atoms with Crippen molar-refractivity contribution in [2.24, 2.45) is 0 Å². The fraction of sp³-hybridized carbons (Fsp3) is 0.600. The highest BCUT2D eigenvalue weighted by Gasteiger charge is 2.12. The van der Waals surface area contributed by atoms with E-state index < -0.39 is 0 Å². The number of hydrogen-bond acceptors (Lipinski definition) is 4. The monoisotopic (exact) mass is 192 g/mol. The van der Waals surface area contributed by atoms with Crippen molar-refractivity contribution >= 4 is 11.6 Å². The van der Waals surface area contributed by atoms with Crippen LogP contribution in [0.5, 0.6) is 0 Å². The standard InChI is InChI=1S/C10H16N4/c1-11-9-7-12-8-10(13-9)14-5-3-2-4-6-14/h7-8H,2-6H2,1H3,(H,11,13). The van der Waals surface area contributed by atoms with Gasteiger partial charge in [-0.1, -0.05) is 0 Å². The van der Waals surface area contributed by atoms with Gasteiger partial charge >= 0.3 is 0 Å². The smallest absolute Gasteiger partial charge is 0.149 e. The lowest BCUT2D eigenvalue weighted by Gasteiger charge is -2.27. The number of rotatable bonds is 2. The van der Waals surface area contributed by atoms with Gasteiger partial charge in [-0.25, -0.2) is 4.98 Å². The van der Waals surface area contributed by atoms with Gasteiger partial charge in [-0.2, -0.15) is 0 Å². The molecule has 1 N–H and O–H groups in total. The lowest BCUT2D eigenvalue weighted by Crippen LogP contribution is -2.30. The molecule has 2 heterocycles. The molecule has 14 heavy (non-hydrogen) atoms. The Balaban J connectivity index is 2.13. The minimum absolute atomic E-state index is 0.841. The highest BCUT2D eigenvalue weighted by atomic mass is 15.2. The van der Waals surface area contributed by atoms with E-state index in [-0.39, 0.29) is 0 Å². The van der Waals surface area contributed by atoms with Crippen LogP contribution in [0.1, 0.15) is 19.3 Å². The van der Waals surface area contributed by atoms with E-state index in [1.165, 1.54) is 19.3 Å². The number of hydrogen-bond donors (Lipinski definition) is 1. The molecule has 1 fully saturated rings. The zero-order valence-corrected chi connectivity index (χ0v) is 8.53. The van der Waals surface area contributed by atoms with Crippen LogP contribution in [0.15, 0.2) is 12.4 Å². The normalized spacial score (nSPS) is 16.8. The van der Waals surface area contributed by atoms with Crippen molar-refractivity contribution in [1.82, 2.24) is 9.97 Å². The summed E-state index contributed by atoms with van der Waals surface area (Å²) in [5.41, 5.74) is 0. The first-order valence-electron chi connectivity index (χ1n) is 5.15. The number of nitrogens with one attached hydrogen (secondary N) is 1. The number of aromatic nitrogens is 2. The molecule has 1 aliphatic rings. The van der Waals surface area contributed by atoms with Gasteiger partial charge in [-0.05, 0) is 19.3 Å². The Hall–Kier alpha value is -1.32. The van der Waals surface area contributed by atoms with Crippen LogP contribution in [-0.2, 0) is 0 Å². The summed E-state index contributed by atoms with van der Waals surface area (Å²) in [6.45, 7) is 2.23. The predicted molar refractivity (Wildman–Crippen MR) is 57.6 cm³/mol. The van der Waals surface area contributed by atoms with Crippen molar-refractivity contribution in [3.63, 3.8) is 0 Å². The summed E-state index contributed by atoms with van der Waals surface area (Å²) in [6.07, 6.45) is 7.46. The van der Waals surface area contributed by atoms with Gasteiger partial charge in [-0.3, -0.25) is 4.98 Å². The summed E-state index contributed by atoms with van der Waals surface area (Å²) < 4.78 is 0. The fourth-order valence-corrected chi connectivity index (χ4v) is 1.75. The van der Waals surface area contributed by atoms with Crippen LogP contribution in [-0.4, -0.2) is 30.1 Å². The molecule has 2 rings (SSSR count). The zero-order valence-electron chi connectivity index (χ0n) is 8.53. The second kappa shape index (κ2) is 4.26. The molecule has 1 aromatic rings. The molecule has 0 saturated carbocycles. The SMILES string of the molecule is CNc1cncc(N2CCCCC2)n1. The Morgan fingerprint density at radius 2 is 2.00 bits per heavy atom. The van der Waals surface area contributed by atoms with Crippen LogP contribution in [0.2, 0.25) is 0 Å². The molecular weight excluding hydrogens is 176 g/mol. The molecule has 0 atom stereocenters. The first-order chi connectivity index (χ1) is 6.90. The zero-order chi connectivity index (χ0) is 9.80. The van der Waals surface area contributed by atoms with Crippen LogP contribution in [0.25, 0.3) is 0 Å². The van der Waals surface area contributed by atoms with Crippen molar-refractivity contribution in [3.05, 3.63) is 12.4 Å². The van der Waals surface area contributed by atoms with Gasteiger partial charge < -0.3 is 10.2 Å². The molecular formula is C10H16N4. The van der Waals surface area contributed by atoms with Gasteiger partial charge in [0, 0.05) is 20.1 Å². The van der Waals surface area contributed by atoms with E-state index in [1.807, 2.05) is 13.2 Å². The molecule has 0 aromatic carbocycles. The maximum Gasteiger partial charge on any atom is 0.149 e. The summed E-state index contributed by atoms with van der Waals surface area (Å²) >= 11 is 0. The van der Waals surface area contributed by atoms with Crippen molar-refractivity contribution < 1.29 is 0 Å². The van der Waals surface area contributed by atoms with Crippen molar-refractivity contribution in [1.29, 1.82) is 0 Å². The first kappa shape index (κ1) is 9.24. The van der Waals surface area contributed by atoms with Crippen molar-refractivity contribution in [2.75, 3.05) is 30.4 Å². The fourth-order valence-electron chi connectivity index (χ4n) is 1.75. The molecule has 0 amide bonds. The topological polar surface area (TPSA) is 41.1 Å². The van der Waals surface area contributed by atoms with Gasteiger partial charge in [0.2, 0.25) is 0 Å². The highest BCUT2D eigenvalue weighted by Crippen LogP contribution is 2.17. The van der Waals surface area contributed by atoms with Gasteiger partial charge in [0.1, 0.15) is 11.6 Å².